The van der Waals surface area contributed by atoms with Gasteiger partial charge in [-0.3, -0.25) is 0 Å². The Bertz CT molecular complexity index is 550. The average Bonchev–Trinajstić information content (AvgIpc) is 2.28. The number of pyridine rings is 1. The number of rotatable bonds is 2. The molecule has 0 fully saturated rings. The van der Waals surface area contributed by atoms with E-state index in [9.17, 15) is 0 Å². The molecule has 1 heterocycles. The molecule has 0 unspecified atom stereocenters. The first-order chi connectivity index (χ1) is 8.17. The molecule has 0 radical (unpaired) electrons. The highest BCUT2D eigenvalue weighted by Crippen LogP contribution is 2.21. The summed E-state index contributed by atoms with van der Waals surface area (Å²) in [6, 6.07) is 11.6. The van der Waals surface area contributed by atoms with E-state index in [-0.39, 0.29) is 0 Å². The van der Waals surface area contributed by atoms with Crippen LogP contribution >= 0.6 is 15.9 Å². The SMILES string of the molecule is Cc1cc(Br)cc(Nc2ccc(C#N)cn2)c1. The maximum absolute atomic E-state index is 8.67. The van der Waals surface area contributed by atoms with Crippen LogP contribution in [0.3, 0.4) is 0 Å². The van der Waals surface area contributed by atoms with Crippen molar-refractivity contribution >= 4 is 27.4 Å². The molecule has 4 heteroatoms. The molecule has 1 N–H and O–H groups in total. The van der Waals surface area contributed by atoms with Gasteiger partial charge in [-0.25, -0.2) is 4.98 Å². The van der Waals surface area contributed by atoms with Gasteiger partial charge < -0.3 is 5.32 Å². The monoisotopic (exact) mass is 287 g/mol. The number of hydrogen-bond donors (Lipinski definition) is 1. The van der Waals surface area contributed by atoms with Crippen LogP contribution in [0.1, 0.15) is 11.1 Å². The third-order valence-electron chi connectivity index (χ3n) is 2.21. The van der Waals surface area contributed by atoms with Gasteiger partial charge in [-0.05, 0) is 42.8 Å². The van der Waals surface area contributed by atoms with Crippen molar-refractivity contribution in [1.82, 2.24) is 4.98 Å². The third-order valence-corrected chi connectivity index (χ3v) is 2.66. The lowest BCUT2D eigenvalue weighted by Crippen LogP contribution is -1.94. The van der Waals surface area contributed by atoms with Crippen LogP contribution in [0.15, 0.2) is 41.0 Å². The highest BCUT2D eigenvalue weighted by molar-refractivity contribution is 9.10. The fourth-order valence-electron chi connectivity index (χ4n) is 1.49. The van der Waals surface area contributed by atoms with E-state index in [2.05, 4.69) is 26.2 Å². The van der Waals surface area contributed by atoms with Crippen LogP contribution in [0.4, 0.5) is 11.5 Å². The molecule has 0 aliphatic carbocycles. The van der Waals surface area contributed by atoms with Gasteiger partial charge in [0.15, 0.2) is 0 Å². The fourth-order valence-corrected chi connectivity index (χ4v) is 2.10. The topological polar surface area (TPSA) is 48.7 Å². The molecule has 84 valence electrons. The predicted octanol–water partition coefficient (Wildman–Crippen LogP) is 3.77. The molecule has 2 rings (SSSR count). The molecule has 0 aliphatic rings. The summed E-state index contributed by atoms with van der Waals surface area (Å²) in [6.45, 7) is 2.03. The molecular weight excluding hydrogens is 278 g/mol. The summed E-state index contributed by atoms with van der Waals surface area (Å²) in [6.07, 6.45) is 1.55. The second-order valence-corrected chi connectivity index (χ2v) is 4.60. The number of anilines is 2. The van der Waals surface area contributed by atoms with Gasteiger partial charge in [0.25, 0.3) is 0 Å². The number of aromatic nitrogens is 1. The molecule has 0 aliphatic heterocycles. The molecule has 1 aromatic carbocycles. The van der Waals surface area contributed by atoms with Crippen molar-refractivity contribution in [2.24, 2.45) is 0 Å². The van der Waals surface area contributed by atoms with Crippen LogP contribution in [0, 0.1) is 18.3 Å². The summed E-state index contributed by atoms with van der Waals surface area (Å²) < 4.78 is 1.02. The quantitative estimate of drug-likeness (QED) is 0.915. The zero-order valence-corrected chi connectivity index (χ0v) is 10.8. The zero-order chi connectivity index (χ0) is 12.3. The largest absolute Gasteiger partial charge is 0.340 e. The third kappa shape index (κ3) is 3.05. The highest BCUT2D eigenvalue weighted by Gasteiger charge is 1.99. The van der Waals surface area contributed by atoms with Gasteiger partial charge >= 0.3 is 0 Å². The van der Waals surface area contributed by atoms with Crippen molar-refractivity contribution in [2.45, 2.75) is 6.92 Å². The van der Waals surface area contributed by atoms with Crippen LogP contribution in [0.25, 0.3) is 0 Å². The van der Waals surface area contributed by atoms with Crippen molar-refractivity contribution in [3.05, 3.63) is 52.1 Å². The van der Waals surface area contributed by atoms with Crippen LogP contribution in [-0.2, 0) is 0 Å². The number of halogens is 1. The number of benzene rings is 1. The van der Waals surface area contributed by atoms with E-state index < -0.39 is 0 Å². The van der Waals surface area contributed by atoms with E-state index >= 15 is 0 Å². The molecule has 0 amide bonds. The Kier molecular flexibility index (Phi) is 3.40. The lowest BCUT2D eigenvalue weighted by Gasteiger charge is -2.07. The maximum Gasteiger partial charge on any atom is 0.130 e. The minimum absolute atomic E-state index is 0.556. The number of hydrogen-bond acceptors (Lipinski definition) is 3. The Morgan fingerprint density at radius 2 is 2.12 bits per heavy atom. The highest BCUT2D eigenvalue weighted by atomic mass is 79.9. The Morgan fingerprint density at radius 1 is 1.29 bits per heavy atom. The number of nitriles is 1. The lowest BCUT2D eigenvalue weighted by atomic mass is 10.2. The molecule has 0 spiro atoms. The normalized spacial score (nSPS) is 9.71. The Morgan fingerprint density at radius 3 is 2.71 bits per heavy atom. The van der Waals surface area contributed by atoms with Crippen molar-refractivity contribution in [2.75, 3.05) is 5.32 Å². The van der Waals surface area contributed by atoms with Crippen LogP contribution in [0.5, 0.6) is 0 Å². The predicted molar refractivity (Wildman–Crippen MR) is 71.1 cm³/mol. The van der Waals surface area contributed by atoms with Gasteiger partial charge in [-0.15, -0.1) is 0 Å². The number of nitrogens with one attached hydrogen (secondary N) is 1. The molecule has 0 saturated carbocycles. The summed E-state index contributed by atoms with van der Waals surface area (Å²) >= 11 is 3.45. The van der Waals surface area contributed by atoms with Crippen molar-refractivity contribution in [3.8, 4) is 6.07 Å². The van der Waals surface area contributed by atoms with Gasteiger partial charge in [0, 0.05) is 16.4 Å². The van der Waals surface area contributed by atoms with E-state index in [1.165, 1.54) is 0 Å². The molecule has 3 nitrogen and oxygen atoms in total. The summed E-state index contributed by atoms with van der Waals surface area (Å²) in [7, 11) is 0. The van der Waals surface area contributed by atoms with Crippen LogP contribution in [0.2, 0.25) is 0 Å². The van der Waals surface area contributed by atoms with Crippen molar-refractivity contribution in [3.63, 3.8) is 0 Å². The first-order valence-electron chi connectivity index (χ1n) is 5.08. The second-order valence-electron chi connectivity index (χ2n) is 3.69. The number of aryl methyl sites for hydroxylation is 1. The fraction of sp³-hybridized carbons (Fsp3) is 0.0769. The lowest BCUT2D eigenvalue weighted by molar-refractivity contribution is 1.28. The summed E-state index contributed by atoms with van der Waals surface area (Å²) in [4.78, 5) is 4.16. The van der Waals surface area contributed by atoms with E-state index in [1.807, 2.05) is 31.2 Å². The first-order valence-corrected chi connectivity index (χ1v) is 5.87. The standard InChI is InChI=1S/C13H10BrN3/c1-9-4-11(14)6-12(5-9)17-13-3-2-10(7-15)8-16-13/h2-6,8H,1H3,(H,16,17). The molecule has 0 atom stereocenters. The summed E-state index contributed by atoms with van der Waals surface area (Å²) in [5, 5.41) is 11.9. The van der Waals surface area contributed by atoms with Crippen LogP contribution < -0.4 is 5.32 Å². The molecule has 0 saturated heterocycles. The minimum Gasteiger partial charge on any atom is -0.340 e. The van der Waals surface area contributed by atoms with Crippen molar-refractivity contribution < 1.29 is 0 Å². The maximum atomic E-state index is 8.67. The van der Waals surface area contributed by atoms with Gasteiger partial charge in [-0.2, -0.15) is 5.26 Å². The molecule has 17 heavy (non-hydrogen) atoms. The van der Waals surface area contributed by atoms with Gasteiger partial charge in [-0.1, -0.05) is 15.9 Å². The average molecular weight is 288 g/mol. The Hall–Kier alpha value is -1.86. The Balaban J connectivity index is 2.22. The molecular formula is C13H10BrN3. The summed E-state index contributed by atoms with van der Waals surface area (Å²) in [5.41, 5.74) is 2.69. The molecule has 2 aromatic rings. The van der Waals surface area contributed by atoms with E-state index in [4.69, 9.17) is 5.26 Å². The smallest absolute Gasteiger partial charge is 0.130 e. The molecule has 1 aromatic heterocycles. The molecule has 0 bridgehead atoms. The van der Waals surface area contributed by atoms with Crippen LogP contribution in [-0.4, -0.2) is 4.98 Å². The van der Waals surface area contributed by atoms with Gasteiger partial charge in [0.2, 0.25) is 0 Å². The Labute approximate surface area is 108 Å². The first kappa shape index (κ1) is 11.6. The number of nitrogens with zero attached hydrogens (tertiary/aromatic N) is 2. The van der Waals surface area contributed by atoms with E-state index in [1.54, 1.807) is 18.3 Å². The second kappa shape index (κ2) is 4.98. The van der Waals surface area contributed by atoms with Gasteiger partial charge in [0.1, 0.15) is 11.9 Å². The summed E-state index contributed by atoms with van der Waals surface area (Å²) in [5.74, 6) is 0.724. The van der Waals surface area contributed by atoms with E-state index in [0.29, 0.717) is 5.56 Å². The van der Waals surface area contributed by atoms with Gasteiger partial charge in [0.05, 0.1) is 5.56 Å². The van der Waals surface area contributed by atoms with Crippen molar-refractivity contribution in [1.29, 1.82) is 5.26 Å². The minimum atomic E-state index is 0.556. The zero-order valence-electron chi connectivity index (χ0n) is 9.24. The van der Waals surface area contributed by atoms with E-state index in [0.717, 1.165) is 21.5 Å².